The lowest BCUT2D eigenvalue weighted by molar-refractivity contribution is -0.125. The molecule has 0 unspecified atom stereocenters. The van der Waals surface area contributed by atoms with E-state index in [2.05, 4.69) is 0 Å². The van der Waals surface area contributed by atoms with Crippen molar-refractivity contribution in [1.29, 1.82) is 0 Å². The Morgan fingerprint density at radius 3 is 2.75 bits per heavy atom. The molecule has 1 fully saturated rings. The molecule has 0 spiro atoms. The van der Waals surface area contributed by atoms with Gasteiger partial charge in [-0.2, -0.15) is 0 Å². The van der Waals surface area contributed by atoms with Gasteiger partial charge in [-0.1, -0.05) is 30.0 Å². The van der Waals surface area contributed by atoms with E-state index in [4.69, 9.17) is 4.42 Å². The number of carboxylic acid groups (broad SMARTS) is 1. The van der Waals surface area contributed by atoms with E-state index in [1.807, 2.05) is 0 Å². The summed E-state index contributed by atoms with van der Waals surface area (Å²) in [5.41, 5.74) is 0.421. The lowest BCUT2D eigenvalue weighted by Gasteiger charge is -2.10. The SMILES string of the molecule is O=C(O)c1c(CN2C(=O)CSC2=O)oc2ccccc12. The van der Waals surface area contributed by atoms with E-state index < -0.39 is 5.97 Å². The minimum atomic E-state index is -1.14. The lowest BCUT2D eigenvalue weighted by Crippen LogP contribution is -2.28. The molecule has 0 aliphatic carbocycles. The van der Waals surface area contributed by atoms with Crippen LogP contribution in [0.25, 0.3) is 11.0 Å². The number of carbonyl (C=O) groups excluding carboxylic acids is 2. The fraction of sp³-hybridized carbons (Fsp3) is 0.154. The number of hydrogen-bond acceptors (Lipinski definition) is 5. The lowest BCUT2D eigenvalue weighted by atomic mass is 10.1. The highest BCUT2D eigenvalue weighted by Crippen LogP contribution is 2.29. The average molecular weight is 291 g/mol. The molecule has 1 aliphatic heterocycles. The molecule has 2 amide bonds. The third-order valence-corrected chi connectivity index (χ3v) is 3.88. The third-order valence-electron chi connectivity index (χ3n) is 3.02. The van der Waals surface area contributed by atoms with Gasteiger partial charge in [-0.15, -0.1) is 0 Å². The first-order valence-corrected chi connectivity index (χ1v) is 6.77. The van der Waals surface area contributed by atoms with Gasteiger partial charge in [0, 0.05) is 5.39 Å². The monoisotopic (exact) mass is 291 g/mol. The van der Waals surface area contributed by atoms with Crippen LogP contribution in [0.1, 0.15) is 16.1 Å². The smallest absolute Gasteiger partial charge is 0.339 e. The summed E-state index contributed by atoms with van der Waals surface area (Å²) in [6.07, 6.45) is 0. The summed E-state index contributed by atoms with van der Waals surface area (Å²) in [4.78, 5) is 35.5. The summed E-state index contributed by atoms with van der Waals surface area (Å²) in [5.74, 6) is -1.28. The molecule has 1 saturated heterocycles. The normalized spacial score (nSPS) is 15.3. The third kappa shape index (κ3) is 1.96. The Morgan fingerprint density at radius 1 is 1.35 bits per heavy atom. The number of hydrogen-bond donors (Lipinski definition) is 1. The Bertz CT molecular complexity index is 719. The maximum atomic E-state index is 11.6. The fourth-order valence-electron chi connectivity index (χ4n) is 2.12. The van der Waals surface area contributed by atoms with Gasteiger partial charge < -0.3 is 9.52 Å². The minimum absolute atomic E-state index is 0.00176. The molecule has 0 bridgehead atoms. The first kappa shape index (κ1) is 12.7. The van der Waals surface area contributed by atoms with Gasteiger partial charge in [0.25, 0.3) is 5.24 Å². The summed E-state index contributed by atoms with van der Waals surface area (Å²) in [6, 6.07) is 6.71. The quantitative estimate of drug-likeness (QED) is 0.933. The van der Waals surface area contributed by atoms with E-state index in [1.165, 1.54) is 0 Å². The molecule has 2 heterocycles. The molecule has 6 nitrogen and oxygen atoms in total. The maximum Gasteiger partial charge on any atom is 0.339 e. The van der Waals surface area contributed by atoms with Crippen LogP contribution in [0.4, 0.5) is 4.79 Å². The number of imide groups is 1. The fourth-order valence-corrected chi connectivity index (χ4v) is 2.84. The predicted molar refractivity (Wildman–Crippen MR) is 71.6 cm³/mol. The molecule has 102 valence electrons. The number of aromatic carboxylic acids is 1. The average Bonchev–Trinajstić information content (AvgIpc) is 2.93. The first-order chi connectivity index (χ1) is 9.58. The van der Waals surface area contributed by atoms with E-state index in [0.29, 0.717) is 11.0 Å². The van der Waals surface area contributed by atoms with Crippen LogP contribution in [0.2, 0.25) is 0 Å². The molecule has 1 N–H and O–H groups in total. The van der Waals surface area contributed by atoms with Gasteiger partial charge in [-0.25, -0.2) is 4.79 Å². The number of fused-ring (bicyclic) bond motifs is 1. The topological polar surface area (TPSA) is 87.8 Å². The highest BCUT2D eigenvalue weighted by atomic mass is 32.2. The molecule has 1 aromatic heterocycles. The number of benzene rings is 1. The van der Waals surface area contributed by atoms with Crippen molar-refractivity contribution in [1.82, 2.24) is 4.90 Å². The molecule has 2 aromatic rings. The van der Waals surface area contributed by atoms with Gasteiger partial charge in [-0.3, -0.25) is 14.5 Å². The molecule has 1 aliphatic rings. The zero-order valence-electron chi connectivity index (χ0n) is 10.2. The predicted octanol–water partition coefficient (Wildman–Crippen LogP) is 2.33. The van der Waals surface area contributed by atoms with Crippen molar-refractivity contribution in [2.24, 2.45) is 0 Å². The molecular formula is C13H9NO5S. The van der Waals surface area contributed by atoms with E-state index in [9.17, 15) is 19.5 Å². The second-order valence-electron chi connectivity index (χ2n) is 4.24. The maximum absolute atomic E-state index is 11.6. The Hall–Kier alpha value is -2.28. The molecule has 20 heavy (non-hydrogen) atoms. The standard InChI is InChI=1S/C13H9NO5S/c15-10-6-20-13(18)14(10)5-9-11(12(16)17)7-3-1-2-4-8(7)19-9/h1-4H,5-6H2,(H,16,17). The van der Waals surface area contributed by atoms with Crippen LogP contribution >= 0.6 is 11.8 Å². The summed E-state index contributed by atoms with van der Waals surface area (Å²) in [7, 11) is 0. The number of amides is 2. The van der Waals surface area contributed by atoms with Crippen molar-refractivity contribution in [3.63, 3.8) is 0 Å². The highest BCUT2D eigenvalue weighted by Gasteiger charge is 2.32. The van der Waals surface area contributed by atoms with Crippen LogP contribution in [-0.4, -0.2) is 32.9 Å². The number of rotatable bonds is 3. The highest BCUT2D eigenvalue weighted by molar-refractivity contribution is 8.14. The second-order valence-corrected chi connectivity index (χ2v) is 5.16. The van der Waals surface area contributed by atoms with Gasteiger partial charge in [0.2, 0.25) is 5.91 Å². The molecular weight excluding hydrogens is 282 g/mol. The van der Waals surface area contributed by atoms with Crippen molar-refractivity contribution in [3.8, 4) is 0 Å². The van der Waals surface area contributed by atoms with Gasteiger partial charge in [0.15, 0.2) is 0 Å². The number of nitrogens with zero attached hydrogens (tertiary/aromatic N) is 1. The van der Waals surface area contributed by atoms with Crippen LogP contribution in [0.5, 0.6) is 0 Å². The first-order valence-electron chi connectivity index (χ1n) is 5.78. The van der Waals surface area contributed by atoms with E-state index >= 15 is 0 Å². The minimum Gasteiger partial charge on any atom is -0.478 e. The van der Waals surface area contributed by atoms with E-state index in [-0.39, 0.29) is 34.8 Å². The van der Waals surface area contributed by atoms with E-state index in [0.717, 1.165) is 16.7 Å². The number of para-hydroxylation sites is 1. The van der Waals surface area contributed by atoms with Gasteiger partial charge >= 0.3 is 5.97 Å². The van der Waals surface area contributed by atoms with Gasteiger partial charge in [0.1, 0.15) is 16.9 Å². The molecule has 0 saturated carbocycles. The Morgan fingerprint density at radius 2 is 2.10 bits per heavy atom. The Labute approximate surface area is 117 Å². The second kappa shape index (κ2) is 4.68. The molecule has 0 radical (unpaired) electrons. The molecule has 0 atom stereocenters. The molecule has 7 heteroatoms. The number of thioether (sulfide) groups is 1. The van der Waals surface area contributed by atoms with Crippen LogP contribution in [0, 0.1) is 0 Å². The zero-order chi connectivity index (χ0) is 14.3. The Balaban J connectivity index is 2.07. The molecule has 1 aromatic carbocycles. The Kier molecular flexibility index (Phi) is 2.98. The van der Waals surface area contributed by atoms with Crippen molar-refractivity contribution in [2.45, 2.75) is 6.54 Å². The van der Waals surface area contributed by atoms with Crippen LogP contribution in [0.15, 0.2) is 28.7 Å². The number of furan rings is 1. The summed E-state index contributed by atoms with van der Waals surface area (Å²) in [6.45, 7) is -0.152. The van der Waals surface area contributed by atoms with Crippen LogP contribution < -0.4 is 0 Å². The van der Waals surface area contributed by atoms with Crippen LogP contribution in [-0.2, 0) is 11.3 Å². The van der Waals surface area contributed by atoms with Crippen molar-refractivity contribution >= 4 is 39.8 Å². The summed E-state index contributed by atoms with van der Waals surface area (Å²) >= 11 is 0.902. The molecule has 3 rings (SSSR count). The van der Waals surface area contributed by atoms with Crippen molar-refractivity contribution < 1.29 is 23.9 Å². The van der Waals surface area contributed by atoms with E-state index in [1.54, 1.807) is 24.3 Å². The largest absolute Gasteiger partial charge is 0.478 e. The summed E-state index contributed by atoms with van der Waals surface area (Å²) in [5, 5.41) is 9.38. The van der Waals surface area contributed by atoms with Crippen LogP contribution in [0.3, 0.4) is 0 Å². The summed E-state index contributed by atoms with van der Waals surface area (Å²) < 4.78 is 5.48. The number of carbonyl (C=O) groups is 3. The van der Waals surface area contributed by atoms with Gasteiger partial charge in [-0.05, 0) is 6.07 Å². The van der Waals surface area contributed by atoms with Crippen molar-refractivity contribution in [2.75, 3.05) is 5.75 Å². The van der Waals surface area contributed by atoms with Gasteiger partial charge in [0.05, 0.1) is 12.3 Å². The zero-order valence-corrected chi connectivity index (χ0v) is 11.0. The number of carboxylic acids is 1. The van der Waals surface area contributed by atoms with Crippen molar-refractivity contribution in [3.05, 3.63) is 35.6 Å².